The van der Waals surface area contributed by atoms with Crippen LogP contribution in [-0.4, -0.2) is 9.78 Å². The van der Waals surface area contributed by atoms with Gasteiger partial charge in [0, 0.05) is 5.56 Å². The molecule has 0 radical (unpaired) electrons. The van der Waals surface area contributed by atoms with E-state index in [1.165, 1.54) is 11.6 Å². The largest absolute Gasteiger partial charge is 0.435 e. The van der Waals surface area contributed by atoms with E-state index in [1.54, 1.807) is 20.8 Å². The topological polar surface area (TPSA) is 17.8 Å². The van der Waals surface area contributed by atoms with Crippen molar-refractivity contribution < 1.29 is 13.2 Å². The molecule has 0 aliphatic heterocycles. The molecule has 0 spiro atoms. The molecule has 0 aromatic carbocycles. The van der Waals surface area contributed by atoms with E-state index in [9.17, 15) is 13.2 Å². The molecule has 15 heavy (non-hydrogen) atoms. The van der Waals surface area contributed by atoms with Crippen molar-refractivity contribution in [2.75, 3.05) is 0 Å². The Morgan fingerprint density at radius 1 is 1.20 bits per heavy atom. The Kier molecular flexibility index (Phi) is 2.80. The second-order valence-corrected chi connectivity index (χ2v) is 4.70. The van der Waals surface area contributed by atoms with Crippen molar-refractivity contribution in [1.82, 2.24) is 9.78 Å². The average molecular weight is 241 g/mol. The molecule has 1 aromatic rings. The van der Waals surface area contributed by atoms with E-state index < -0.39 is 17.4 Å². The van der Waals surface area contributed by atoms with Crippen molar-refractivity contribution in [1.29, 1.82) is 0 Å². The maximum atomic E-state index is 12.5. The molecule has 0 aliphatic rings. The second-order valence-electron chi connectivity index (χ2n) is 4.34. The van der Waals surface area contributed by atoms with Gasteiger partial charge >= 0.3 is 6.18 Å². The lowest BCUT2D eigenvalue weighted by Crippen LogP contribution is -2.24. The molecule has 2 nitrogen and oxygen atoms in total. The molecular weight excluding hydrogens is 229 g/mol. The van der Waals surface area contributed by atoms with E-state index in [-0.39, 0.29) is 10.7 Å². The summed E-state index contributed by atoms with van der Waals surface area (Å²) in [5.74, 6) is 0. The van der Waals surface area contributed by atoms with Crippen LogP contribution < -0.4 is 0 Å². The van der Waals surface area contributed by atoms with Gasteiger partial charge in [-0.2, -0.15) is 18.3 Å². The lowest BCUT2D eigenvalue weighted by Gasteiger charge is -2.20. The summed E-state index contributed by atoms with van der Waals surface area (Å²) in [6, 6.07) is 0. The van der Waals surface area contributed by atoms with Crippen molar-refractivity contribution in [3.8, 4) is 0 Å². The van der Waals surface area contributed by atoms with Crippen LogP contribution in [0.4, 0.5) is 13.2 Å². The third kappa shape index (κ3) is 2.27. The molecule has 0 bridgehead atoms. The highest BCUT2D eigenvalue weighted by Crippen LogP contribution is 2.35. The Morgan fingerprint density at radius 3 is 1.87 bits per heavy atom. The number of alkyl halides is 3. The molecule has 0 saturated carbocycles. The molecule has 86 valence electrons. The number of hydrogen-bond acceptors (Lipinski definition) is 1. The lowest BCUT2D eigenvalue weighted by molar-refractivity contribution is -0.142. The van der Waals surface area contributed by atoms with Crippen LogP contribution in [0.3, 0.4) is 0 Å². The van der Waals surface area contributed by atoms with Crippen LogP contribution in [0.2, 0.25) is 5.15 Å². The molecule has 0 atom stereocenters. The molecule has 1 heterocycles. The van der Waals surface area contributed by atoms with Gasteiger partial charge in [-0.05, 0) is 27.7 Å². The highest BCUT2D eigenvalue weighted by Gasteiger charge is 2.38. The van der Waals surface area contributed by atoms with E-state index in [0.29, 0.717) is 0 Å². The molecule has 0 saturated heterocycles. The zero-order valence-electron chi connectivity index (χ0n) is 8.91. The number of nitrogens with zero attached hydrogens (tertiary/aromatic N) is 2. The first-order chi connectivity index (χ1) is 6.55. The van der Waals surface area contributed by atoms with Gasteiger partial charge in [-0.25, -0.2) is 4.68 Å². The first-order valence-corrected chi connectivity index (χ1v) is 4.75. The summed E-state index contributed by atoms with van der Waals surface area (Å²) in [4.78, 5) is 0. The second kappa shape index (κ2) is 3.40. The number of hydrogen-bond donors (Lipinski definition) is 0. The van der Waals surface area contributed by atoms with Crippen LogP contribution in [-0.2, 0) is 11.7 Å². The minimum atomic E-state index is -4.45. The van der Waals surface area contributed by atoms with E-state index in [1.807, 2.05) is 0 Å². The highest BCUT2D eigenvalue weighted by molar-refractivity contribution is 6.30. The molecule has 6 heteroatoms. The molecule has 0 amide bonds. The Hall–Kier alpha value is -0.710. The molecule has 0 aliphatic carbocycles. The summed E-state index contributed by atoms with van der Waals surface area (Å²) >= 11 is 5.81. The van der Waals surface area contributed by atoms with Gasteiger partial charge in [-0.3, -0.25) is 0 Å². The Bertz CT molecular complexity index is 339. The minimum Gasteiger partial charge on any atom is -0.248 e. The van der Waals surface area contributed by atoms with Gasteiger partial charge < -0.3 is 0 Å². The van der Waals surface area contributed by atoms with Gasteiger partial charge in [0.15, 0.2) is 5.69 Å². The fourth-order valence-electron chi connectivity index (χ4n) is 1.19. The highest BCUT2D eigenvalue weighted by atomic mass is 35.5. The van der Waals surface area contributed by atoms with Gasteiger partial charge in [-0.15, -0.1) is 0 Å². The molecule has 0 N–H and O–H groups in total. The molecule has 1 rings (SSSR count). The van der Waals surface area contributed by atoms with Crippen LogP contribution in [0.1, 0.15) is 32.0 Å². The monoisotopic (exact) mass is 240 g/mol. The summed E-state index contributed by atoms with van der Waals surface area (Å²) in [6.45, 7) is 6.54. The van der Waals surface area contributed by atoms with Crippen molar-refractivity contribution >= 4 is 11.6 Å². The maximum absolute atomic E-state index is 12.5. The zero-order valence-corrected chi connectivity index (χ0v) is 9.66. The first-order valence-electron chi connectivity index (χ1n) is 4.38. The number of rotatable bonds is 0. The van der Waals surface area contributed by atoms with Gasteiger partial charge in [0.1, 0.15) is 5.15 Å². The van der Waals surface area contributed by atoms with Gasteiger partial charge in [-0.1, -0.05) is 11.6 Å². The fraction of sp³-hybridized carbons (Fsp3) is 0.667. The van der Waals surface area contributed by atoms with Gasteiger partial charge in [0.05, 0.1) is 5.54 Å². The van der Waals surface area contributed by atoms with Crippen LogP contribution >= 0.6 is 11.6 Å². The van der Waals surface area contributed by atoms with Crippen molar-refractivity contribution in [3.05, 3.63) is 16.4 Å². The summed E-state index contributed by atoms with van der Waals surface area (Å²) in [5, 5.41) is 3.55. The van der Waals surface area contributed by atoms with E-state index in [0.717, 1.165) is 0 Å². The van der Waals surface area contributed by atoms with Crippen molar-refractivity contribution in [2.45, 2.75) is 39.4 Å². The number of halogens is 4. The van der Waals surface area contributed by atoms with Crippen molar-refractivity contribution in [3.63, 3.8) is 0 Å². The normalized spacial score (nSPS) is 13.3. The summed E-state index contributed by atoms with van der Waals surface area (Å²) in [7, 11) is 0. The number of aromatic nitrogens is 2. The van der Waals surface area contributed by atoms with E-state index >= 15 is 0 Å². The first kappa shape index (κ1) is 12.4. The Balaban J connectivity index is 3.38. The molecule has 1 aromatic heterocycles. The molecule has 0 unspecified atom stereocenters. The minimum absolute atomic E-state index is 0.0286. The smallest absolute Gasteiger partial charge is 0.248 e. The third-order valence-electron chi connectivity index (χ3n) is 1.95. The van der Waals surface area contributed by atoms with Crippen LogP contribution in [0.5, 0.6) is 0 Å². The lowest BCUT2D eigenvalue weighted by atomic mass is 10.1. The van der Waals surface area contributed by atoms with Gasteiger partial charge in [0.2, 0.25) is 0 Å². The van der Waals surface area contributed by atoms with Crippen LogP contribution in [0, 0.1) is 6.92 Å². The predicted molar refractivity (Wildman–Crippen MR) is 52.0 cm³/mol. The predicted octanol–water partition coefficient (Wildman–Crippen LogP) is 3.62. The van der Waals surface area contributed by atoms with E-state index in [2.05, 4.69) is 5.10 Å². The summed E-state index contributed by atoms with van der Waals surface area (Å²) < 4.78 is 38.7. The van der Waals surface area contributed by atoms with Crippen LogP contribution in [0.15, 0.2) is 0 Å². The Morgan fingerprint density at radius 2 is 1.67 bits per heavy atom. The van der Waals surface area contributed by atoms with E-state index in [4.69, 9.17) is 11.6 Å². The molecular formula is C9H12ClF3N2. The maximum Gasteiger partial charge on any atom is 0.435 e. The summed E-state index contributed by atoms with van der Waals surface area (Å²) in [5.41, 5.74) is -1.51. The molecule has 0 fully saturated rings. The Labute approximate surface area is 91.0 Å². The van der Waals surface area contributed by atoms with Gasteiger partial charge in [0.25, 0.3) is 0 Å². The average Bonchev–Trinajstić information content (AvgIpc) is 2.26. The van der Waals surface area contributed by atoms with Crippen LogP contribution in [0.25, 0.3) is 0 Å². The quantitative estimate of drug-likeness (QED) is 0.677. The SMILES string of the molecule is Cc1c(C(F)(F)F)nn(C(C)(C)C)c1Cl. The zero-order chi connectivity index (χ0) is 12.0. The third-order valence-corrected chi connectivity index (χ3v) is 2.40. The standard InChI is InChI=1S/C9H12ClF3N2/c1-5-6(9(11,12)13)14-15(7(5)10)8(2,3)4/h1-4H3. The summed E-state index contributed by atoms with van der Waals surface area (Å²) in [6.07, 6.45) is -4.45. The fourth-order valence-corrected chi connectivity index (χ4v) is 1.57. The van der Waals surface area contributed by atoms with Crippen molar-refractivity contribution in [2.24, 2.45) is 0 Å².